The van der Waals surface area contributed by atoms with Crippen LogP contribution in [0.5, 0.6) is 5.75 Å². The van der Waals surface area contributed by atoms with Crippen LogP contribution in [-0.4, -0.2) is 65.0 Å². The summed E-state index contributed by atoms with van der Waals surface area (Å²) in [6.07, 6.45) is 4.89. The van der Waals surface area contributed by atoms with E-state index in [-0.39, 0.29) is 12.1 Å². The molecule has 0 spiro atoms. The van der Waals surface area contributed by atoms with Gasteiger partial charge in [0.15, 0.2) is 0 Å². The van der Waals surface area contributed by atoms with Crippen molar-refractivity contribution in [2.75, 3.05) is 32.1 Å². The van der Waals surface area contributed by atoms with Crippen molar-refractivity contribution in [1.29, 1.82) is 0 Å². The van der Waals surface area contributed by atoms with Gasteiger partial charge in [-0.15, -0.1) is 0 Å². The Hall–Kier alpha value is -2.87. The van der Waals surface area contributed by atoms with Gasteiger partial charge < -0.3 is 24.8 Å². The van der Waals surface area contributed by atoms with Crippen molar-refractivity contribution in [2.24, 2.45) is 0 Å². The fourth-order valence-corrected chi connectivity index (χ4v) is 5.07. The van der Waals surface area contributed by atoms with Crippen molar-refractivity contribution in [1.82, 2.24) is 14.9 Å². The van der Waals surface area contributed by atoms with Gasteiger partial charge in [-0.3, -0.25) is 0 Å². The van der Waals surface area contributed by atoms with Crippen molar-refractivity contribution >= 4 is 11.9 Å². The van der Waals surface area contributed by atoms with Crippen molar-refractivity contribution in [2.45, 2.75) is 71.4 Å². The molecule has 1 fully saturated rings. The Morgan fingerprint density at radius 2 is 1.79 bits per heavy atom. The summed E-state index contributed by atoms with van der Waals surface area (Å²) in [7, 11) is 1.71. The molecule has 1 aliphatic carbocycles. The van der Waals surface area contributed by atoms with E-state index in [4.69, 9.17) is 19.4 Å². The second kappa shape index (κ2) is 10.6. The first kappa shape index (κ1) is 24.3. The van der Waals surface area contributed by atoms with Gasteiger partial charge in [0.2, 0.25) is 0 Å². The van der Waals surface area contributed by atoms with Crippen molar-refractivity contribution in [3.63, 3.8) is 0 Å². The zero-order chi connectivity index (χ0) is 24.2. The minimum atomic E-state index is -0.931. The van der Waals surface area contributed by atoms with Crippen LogP contribution < -0.4 is 10.1 Å². The maximum Gasteiger partial charge on any atom is 0.407 e. The molecule has 0 radical (unpaired) electrons. The fraction of sp³-hybridized carbons (Fsp3) is 0.577. The number of anilines is 1. The standard InChI is InChI=1S/C26H36N4O4/c1-5-19-24(18-12-16-10-8-9-11-17(16)13-22(18)33-4)27-20(6-2)25(28-19)29-21-14-30(26(31)32)15-23(21)34-7-3/h12-13,21,23H,5-11,14-15H2,1-4H3,(H,28,29)(H,31,32)/t21-,23+/m1/s1. The predicted octanol–water partition coefficient (Wildman–Crippen LogP) is 4.34. The number of nitrogens with one attached hydrogen (secondary N) is 1. The van der Waals surface area contributed by atoms with Crippen LogP contribution >= 0.6 is 0 Å². The summed E-state index contributed by atoms with van der Waals surface area (Å²) in [5.41, 5.74) is 6.38. The highest BCUT2D eigenvalue weighted by Crippen LogP contribution is 2.37. The van der Waals surface area contributed by atoms with Crippen LogP contribution in [0.15, 0.2) is 12.1 Å². The normalized spacial score (nSPS) is 19.7. The van der Waals surface area contributed by atoms with E-state index >= 15 is 0 Å². The van der Waals surface area contributed by atoms with Gasteiger partial charge in [0.05, 0.1) is 42.9 Å². The van der Waals surface area contributed by atoms with Crippen LogP contribution in [-0.2, 0) is 30.4 Å². The molecule has 0 saturated carbocycles. The molecule has 0 unspecified atom stereocenters. The van der Waals surface area contributed by atoms with E-state index in [0.717, 1.165) is 47.7 Å². The number of benzene rings is 1. The molecule has 1 aromatic heterocycles. The fourth-order valence-electron chi connectivity index (χ4n) is 5.07. The van der Waals surface area contributed by atoms with Crippen LogP contribution in [0.4, 0.5) is 10.6 Å². The molecule has 1 amide bonds. The van der Waals surface area contributed by atoms with Gasteiger partial charge in [-0.1, -0.05) is 13.8 Å². The summed E-state index contributed by atoms with van der Waals surface area (Å²) < 4.78 is 11.6. The molecule has 184 valence electrons. The van der Waals surface area contributed by atoms with Gasteiger partial charge in [0, 0.05) is 18.7 Å². The minimum absolute atomic E-state index is 0.176. The Bertz CT molecular complexity index is 1040. The number of aromatic nitrogens is 2. The number of fused-ring (bicyclic) bond motifs is 1. The highest BCUT2D eigenvalue weighted by molar-refractivity contribution is 5.72. The van der Waals surface area contributed by atoms with E-state index in [9.17, 15) is 9.90 Å². The summed E-state index contributed by atoms with van der Waals surface area (Å²) >= 11 is 0. The molecule has 2 atom stereocenters. The molecule has 8 heteroatoms. The number of rotatable bonds is 8. The van der Waals surface area contributed by atoms with Crippen LogP contribution in [0.3, 0.4) is 0 Å². The van der Waals surface area contributed by atoms with Crippen molar-refractivity contribution in [3.8, 4) is 17.0 Å². The van der Waals surface area contributed by atoms with E-state index in [1.807, 2.05) is 6.92 Å². The summed E-state index contributed by atoms with van der Waals surface area (Å²) in [5.74, 6) is 1.55. The van der Waals surface area contributed by atoms with Crippen LogP contribution in [0.1, 0.15) is 56.1 Å². The van der Waals surface area contributed by atoms with Gasteiger partial charge in [-0.05, 0) is 68.7 Å². The van der Waals surface area contributed by atoms with Crippen LogP contribution in [0, 0.1) is 0 Å². The lowest BCUT2D eigenvalue weighted by Gasteiger charge is -2.23. The van der Waals surface area contributed by atoms with Crippen LogP contribution in [0.25, 0.3) is 11.3 Å². The van der Waals surface area contributed by atoms with Gasteiger partial charge in [0.1, 0.15) is 11.6 Å². The Morgan fingerprint density at radius 3 is 2.41 bits per heavy atom. The van der Waals surface area contributed by atoms with Gasteiger partial charge in [-0.2, -0.15) is 0 Å². The highest BCUT2D eigenvalue weighted by atomic mass is 16.5. The molecule has 2 N–H and O–H groups in total. The summed E-state index contributed by atoms with van der Waals surface area (Å²) in [6.45, 7) is 7.30. The summed E-state index contributed by atoms with van der Waals surface area (Å²) in [6, 6.07) is 4.24. The monoisotopic (exact) mass is 468 g/mol. The average molecular weight is 469 g/mol. The SMILES string of the molecule is CCO[C@H]1CN(C(=O)O)C[C@H]1Nc1nc(CC)c(-c2cc3c(cc2OC)CCCC3)nc1CC. The molecule has 0 bridgehead atoms. The first-order valence-electron chi connectivity index (χ1n) is 12.4. The molecular weight excluding hydrogens is 432 g/mol. The number of ether oxygens (including phenoxy) is 2. The number of methoxy groups -OCH3 is 1. The lowest BCUT2D eigenvalue weighted by Crippen LogP contribution is -2.35. The maximum absolute atomic E-state index is 11.5. The molecule has 2 aliphatic rings. The molecule has 1 aromatic carbocycles. The molecule has 1 saturated heterocycles. The third kappa shape index (κ3) is 4.82. The molecule has 1 aliphatic heterocycles. The van der Waals surface area contributed by atoms with Gasteiger partial charge in [0.25, 0.3) is 0 Å². The van der Waals surface area contributed by atoms with E-state index in [0.29, 0.717) is 31.9 Å². The first-order valence-corrected chi connectivity index (χ1v) is 12.4. The molecule has 34 heavy (non-hydrogen) atoms. The lowest BCUT2D eigenvalue weighted by atomic mass is 9.89. The van der Waals surface area contributed by atoms with Gasteiger partial charge in [-0.25, -0.2) is 14.8 Å². The molecule has 2 aromatic rings. The highest BCUT2D eigenvalue weighted by Gasteiger charge is 2.36. The lowest BCUT2D eigenvalue weighted by molar-refractivity contribution is 0.0629. The van der Waals surface area contributed by atoms with Gasteiger partial charge >= 0.3 is 6.09 Å². The smallest absolute Gasteiger partial charge is 0.407 e. The number of hydrogen-bond acceptors (Lipinski definition) is 6. The Balaban J connectivity index is 1.71. The average Bonchev–Trinajstić information content (AvgIpc) is 3.25. The Kier molecular flexibility index (Phi) is 7.56. The number of carbonyl (C=O) groups is 1. The number of likely N-dealkylation sites (tertiary alicyclic amines) is 1. The van der Waals surface area contributed by atoms with E-state index in [2.05, 4.69) is 31.3 Å². The zero-order valence-corrected chi connectivity index (χ0v) is 20.7. The number of nitrogens with zero attached hydrogens (tertiary/aromatic N) is 3. The van der Waals surface area contributed by atoms with Crippen molar-refractivity contribution < 1.29 is 19.4 Å². The summed E-state index contributed by atoms with van der Waals surface area (Å²) in [4.78, 5) is 23.0. The molecule has 2 heterocycles. The number of hydrogen-bond donors (Lipinski definition) is 2. The topological polar surface area (TPSA) is 96.8 Å². The number of amides is 1. The first-order chi connectivity index (χ1) is 16.5. The van der Waals surface area contributed by atoms with Crippen molar-refractivity contribution in [3.05, 3.63) is 34.6 Å². The minimum Gasteiger partial charge on any atom is -0.496 e. The Labute approximate surface area is 201 Å². The molecule has 4 rings (SSSR count). The number of carboxylic acid groups (broad SMARTS) is 1. The quantitative estimate of drug-likeness (QED) is 0.595. The van der Waals surface area contributed by atoms with E-state index in [1.165, 1.54) is 28.9 Å². The second-order valence-electron chi connectivity index (χ2n) is 8.98. The Morgan fingerprint density at radius 1 is 1.09 bits per heavy atom. The second-order valence-corrected chi connectivity index (χ2v) is 8.98. The maximum atomic E-state index is 11.5. The van der Waals surface area contributed by atoms with E-state index < -0.39 is 6.09 Å². The largest absolute Gasteiger partial charge is 0.496 e. The molecular formula is C26H36N4O4. The predicted molar refractivity (Wildman–Crippen MR) is 132 cm³/mol. The van der Waals surface area contributed by atoms with Crippen LogP contribution in [0.2, 0.25) is 0 Å². The third-order valence-electron chi connectivity index (χ3n) is 6.87. The number of aryl methyl sites for hydroxylation is 4. The molecule has 8 nitrogen and oxygen atoms in total. The summed E-state index contributed by atoms with van der Waals surface area (Å²) in [5, 5.41) is 12.9. The third-order valence-corrected chi connectivity index (χ3v) is 6.87. The van der Waals surface area contributed by atoms with E-state index in [1.54, 1.807) is 7.11 Å². The zero-order valence-electron chi connectivity index (χ0n) is 20.7.